The molecule has 1 aliphatic rings. The average molecular weight is 200 g/mol. The Labute approximate surface area is 85.1 Å². The van der Waals surface area contributed by atoms with Gasteiger partial charge in [0, 0.05) is 12.7 Å². The van der Waals surface area contributed by atoms with E-state index in [1.807, 2.05) is 4.90 Å². The van der Waals surface area contributed by atoms with Crippen molar-refractivity contribution in [2.24, 2.45) is 5.73 Å². The Kier molecular flexibility index (Phi) is 4.35. The summed E-state index contributed by atoms with van der Waals surface area (Å²) in [5.74, 6) is -0.777. The second-order valence-electron chi connectivity index (χ2n) is 4.00. The molecule has 1 aliphatic carbocycles. The first kappa shape index (κ1) is 11.5. The van der Waals surface area contributed by atoms with Crippen molar-refractivity contribution in [3.63, 3.8) is 0 Å². The van der Waals surface area contributed by atoms with Crippen molar-refractivity contribution < 1.29 is 9.90 Å². The van der Waals surface area contributed by atoms with Crippen molar-refractivity contribution in [2.45, 2.75) is 51.1 Å². The van der Waals surface area contributed by atoms with E-state index in [1.165, 1.54) is 19.3 Å². The van der Waals surface area contributed by atoms with Crippen LogP contribution in [0.25, 0.3) is 0 Å². The Hall–Kier alpha value is -0.610. The summed E-state index contributed by atoms with van der Waals surface area (Å²) in [6.45, 7) is 2.06. The summed E-state index contributed by atoms with van der Waals surface area (Å²) in [5.41, 5.74) is 5.60. The molecule has 4 heteroatoms. The Balaban J connectivity index is 2.55. The van der Waals surface area contributed by atoms with E-state index in [1.54, 1.807) is 6.92 Å². The highest BCUT2D eigenvalue weighted by atomic mass is 16.4. The molecule has 4 nitrogen and oxygen atoms in total. The van der Waals surface area contributed by atoms with E-state index >= 15 is 0 Å². The second kappa shape index (κ2) is 5.32. The number of rotatable bonds is 4. The van der Waals surface area contributed by atoms with E-state index in [4.69, 9.17) is 10.8 Å². The molecule has 1 fully saturated rings. The van der Waals surface area contributed by atoms with Gasteiger partial charge in [0.05, 0.1) is 0 Å². The number of nitrogens with zero attached hydrogens (tertiary/aromatic N) is 1. The van der Waals surface area contributed by atoms with Gasteiger partial charge >= 0.3 is 5.97 Å². The molecule has 1 saturated carbocycles. The average Bonchev–Trinajstić information content (AvgIpc) is 2.20. The number of aliphatic carboxylic acids is 1. The molecule has 3 N–H and O–H groups in total. The molecule has 0 saturated heterocycles. The lowest BCUT2D eigenvalue weighted by Gasteiger charge is -2.35. The van der Waals surface area contributed by atoms with Crippen LogP contribution in [0.4, 0.5) is 0 Å². The van der Waals surface area contributed by atoms with Crippen LogP contribution in [0.1, 0.15) is 39.0 Å². The molecular formula is C10H20N2O2. The summed E-state index contributed by atoms with van der Waals surface area (Å²) < 4.78 is 0. The lowest BCUT2D eigenvalue weighted by atomic mass is 9.93. The number of nitrogens with two attached hydrogens (primary N) is 1. The number of carbonyl (C=O) groups is 1. The molecule has 0 radical (unpaired) electrons. The zero-order valence-corrected chi connectivity index (χ0v) is 8.78. The van der Waals surface area contributed by atoms with Gasteiger partial charge in [0.1, 0.15) is 6.04 Å². The number of carboxylic acids is 1. The van der Waals surface area contributed by atoms with Crippen LogP contribution in [-0.4, -0.2) is 34.7 Å². The number of hydrogen-bond acceptors (Lipinski definition) is 3. The van der Waals surface area contributed by atoms with Gasteiger partial charge in [-0.3, -0.25) is 9.69 Å². The van der Waals surface area contributed by atoms with Crippen LogP contribution in [0.3, 0.4) is 0 Å². The quantitative estimate of drug-likeness (QED) is 0.665. The van der Waals surface area contributed by atoms with Crippen LogP contribution in [0.5, 0.6) is 0 Å². The van der Waals surface area contributed by atoms with Crippen LogP contribution in [0.15, 0.2) is 0 Å². The molecule has 82 valence electrons. The molecule has 0 amide bonds. The fourth-order valence-electron chi connectivity index (χ4n) is 2.18. The summed E-state index contributed by atoms with van der Waals surface area (Å²) in [6.07, 6.45) is 5.86. The van der Waals surface area contributed by atoms with Crippen LogP contribution in [0, 0.1) is 0 Å². The lowest BCUT2D eigenvalue weighted by molar-refractivity contribution is -0.143. The minimum atomic E-state index is -0.777. The van der Waals surface area contributed by atoms with Crippen LogP contribution in [-0.2, 0) is 4.79 Å². The maximum Gasteiger partial charge on any atom is 0.320 e. The molecule has 0 aromatic heterocycles. The predicted molar refractivity (Wildman–Crippen MR) is 54.9 cm³/mol. The zero-order chi connectivity index (χ0) is 10.6. The standard InChI is InChI=1S/C10H20N2O2/c1-8(10(13)14)12(7-11)9-5-3-2-4-6-9/h8-9H,2-7,11H2,1H3,(H,13,14). The van der Waals surface area contributed by atoms with E-state index in [2.05, 4.69) is 0 Å². The van der Waals surface area contributed by atoms with Gasteiger partial charge in [0.25, 0.3) is 0 Å². The third-order valence-electron chi connectivity index (χ3n) is 3.11. The van der Waals surface area contributed by atoms with E-state index in [9.17, 15) is 4.79 Å². The smallest absolute Gasteiger partial charge is 0.320 e. The van der Waals surface area contributed by atoms with Gasteiger partial charge in [0.2, 0.25) is 0 Å². The van der Waals surface area contributed by atoms with Crippen LogP contribution in [0.2, 0.25) is 0 Å². The van der Waals surface area contributed by atoms with Crippen molar-refractivity contribution in [3.8, 4) is 0 Å². The molecule has 1 rings (SSSR count). The zero-order valence-electron chi connectivity index (χ0n) is 8.78. The fourth-order valence-corrected chi connectivity index (χ4v) is 2.18. The third-order valence-corrected chi connectivity index (χ3v) is 3.11. The molecule has 0 spiro atoms. The molecular weight excluding hydrogens is 180 g/mol. The van der Waals surface area contributed by atoms with Crippen molar-refractivity contribution in [3.05, 3.63) is 0 Å². The first-order valence-electron chi connectivity index (χ1n) is 5.35. The van der Waals surface area contributed by atoms with E-state index in [0.29, 0.717) is 12.7 Å². The second-order valence-corrected chi connectivity index (χ2v) is 4.00. The third kappa shape index (κ3) is 2.69. The van der Waals surface area contributed by atoms with E-state index in [0.717, 1.165) is 12.8 Å². The maximum atomic E-state index is 10.8. The van der Waals surface area contributed by atoms with Gasteiger partial charge in [0.15, 0.2) is 0 Å². The Bertz CT molecular complexity index is 191. The number of hydrogen-bond donors (Lipinski definition) is 2. The van der Waals surface area contributed by atoms with Crippen LogP contribution < -0.4 is 5.73 Å². The van der Waals surface area contributed by atoms with Gasteiger partial charge in [-0.05, 0) is 19.8 Å². The van der Waals surface area contributed by atoms with Gasteiger partial charge in [-0.25, -0.2) is 0 Å². The summed E-state index contributed by atoms with van der Waals surface area (Å²) in [7, 11) is 0. The van der Waals surface area contributed by atoms with Crippen LogP contribution >= 0.6 is 0 Å². The first-order chi connectivity index (χ1) is 6.66. The van der Waals surface area contributed by atoms with Gasteiger partial charge in [-0.15, -0.1) is 0 Å². The molecule has 1 unspecified atom stereocenters. The Morgan fingerprint density at radius 1 is 1.50 bits per heavy atom. The molecule has 0 aromatic carbocycles. The van der Waals surface area contributed by atoms with Crippen molar-refractivity contribution in [1.82, 2.24) is 4.90 Å². The molecule has 0 heterocycles. The SMILES string of the molecule is CC(C(=O)O)N(CN)C1CCCCC1. The highest BCUT2D eigenvalue weighted by Crippen LogP contribution is 2.23. The number of carboxylic acid groups (broad SMARTS) is 1. The summed E-state index contributed by atoms with van der Waals surface area (Å²) in [6, 6.07) is -0.0806. The fraction of sp³-hybridized carbons (Fsp3) is 0.900. The molecule has 1 atom stereocenters. The first-order valence-corrected chi connectivity index (χ1v) is 5.35. The minimum absolute atomic E-state index is 0.345. The Morgan fingerprint density at radius 2 is 2.07 bits per heavy atom. The molecule has 0 aromatic rings. The summed E-state index contributed by atoms with van der Waals surface area (Å²) in [5, 5.41) is 8.92. The maximum absolute atomic E-state index is 10.8. The van der Waals surface area contributed by atoms with Crippen molar-refractivity contribution in [2.75, 3.05) is 6.67 Å². The monoisotopic (exact) mass is 200 g/mol. The largest absolute Gasteiger partial charge is 0.480 e. The Morgan fingerprint density at radius 3 is 2.50 bits per heavy atom. The topological polar surface area (TPSA) is 66.6 Å². The van der Waals surface area contributed by atoms with Crippen molar-refractivity contribution in [1.29, 1.82) is 0 Å². The van der Waals surface area contributed by atoms with E-state index < -0.39 is 12.0 Å². The normalized spacial score (nSPS) is 21.1. The lowest BCUT2D eigenvalue weighted by Crippen LogP contribution is -2.49. The highest BCUT2D eigenvalue weighted by molar-refractivity contribution is 5.72. The molecule has 14 heavy (non-hydrogen) atoms. The summed E-state index contributed by atoms with van der Waals surface area (Å²) >= 11 is 0. The van der Waals surface area contributed by atoms with Gasteiger partial charge in [-0.2, -0.15) is 0 Å². The molecule has 0 bridgehead atoms. The molecule has 0 aliphatic heterocycles. The van der Waals surface area contributed by atoms with Gasteiger partial charge in [-0.1, -0.05) is 19.3 Å². The minimum Gasteiger partial charge on any atom is -0.480 e. The van der Waals surface area contributed by atoms with Gasteiger partial charge < -0.3 is 10.8 Å². The highest BCUT2D eigenvalue weighted by Gasteiger charge is 2.27. The van der Waals surface area contributed by atoms with E-state index in [-0.39, 0.29) is 0 Å². The predicted octanol–water partition coefficient (Wildman–Crippen LogP) is 1.01. The van der Waals surface area contributed by atoms with Crippen molar-refractivity contribution >= 4 is 5.97 Å². The summed E-state index contributed by atoms with van der Waals surface area (Å²) in [4.78, 5) is 12.7.